The minimum absolute atomic E-state index is 0.112. The molecule has 2 aromatic heterocycles. The lowest BCUT2D eigenvalue weighted by atomic mass is 10.2. The molecule has 0 bridgehead atoms. The molecule has 1 saturated heterocycles. The summed E-state index contributed by atoms with van der Waals surface area (Å²) >= 11 is 1.72. The van der Waals surface area contributed by atoms with Crippen molar-refractivity contribution in [1.82, 2.24) is 20.2 Å². The van der Waals surface area contributed by atoms with Crippen LogP contribution in [0.5, 0.6) is 0 Å². The van der Waals surface area contributed by atoms with Crippen molar-refractivity contribution in [2.24, 2.45) is 0 Å². The summed E-state index contributed by atoms with van der Waals surface area (Å²) in [6.07, 6.45) is 4.95. The summed E-state index contributed by atoms with van der Waals surface area (Å²) < 4.78 is 5.44. The van der Waals surface area contributed by atoms with Crippen LogP contribution in [0.15, 0.2) is 29.8 Å². The highest BCUT2D eigenvalue weighted by atomic mass is 32.1. The smallest absolute Gasteiger partial charge is 0.244 e. The number of hydrogen-bond donors (Lipinski definition) is 2. The molecule has 7 heteroatoms. The Morgan fingerprint density at radius 2 is 2.38 bits per heavy atom. The largest absolute Gasteiger partial charge is 0.379 e. The number of amides is 1. The van der Waals surface area contributed by atoms with E-state index in [9.17, 15) is 4.79 Å². The zero-order valence-electron chi connectivity index (χ0n) is 13.7. The zero-order chi connectivity index (χ0) is 16.8. The van der Waals surface area contributed by atoms with Crippen LogP contribution in [0.4, 0.5) is 0 Å². The van der Waals surface area contributed by atoms with Crippen LogP contribution in [0, 0.1) is 6.92 Å². The molecule has 0 aromatic carbocycles. The second-order valence-corrected chi connectivity index (χ2v) is 6.69. The highest BCUT2D eigenvalue weighted by molar-refractivity contribution is 7.10. The number of carbonyl (C=O) groups excluding carboxylic acids is 1. The van der Waals surface area contributed by atoms with E-state index in [0.717, 1.165) is 32.0 Å². The van der Waals surface area contributed by atoms with Crippen LogP contribution in [0.25, 0.3) is 6.08 Å². The number of hydrogen-bond acceptors (Lipinski definition) is 5. The molecule has 1 unspecified atom stereocenters. The number of nitrogens with zero attached hydrogens (tertiary/aromatic N) is 2. The number of morpholine rings is 1. The molecule has 0 spiro atoms. The van der Waals surface area contributed by atoms with E-state index in [1.165, 1.54) is 11.0 Å². The third-order valence-electron chi connectivity index (χ3n) is 3.94. The van der Waals surface area contributed by atoms with E-state index in [1.54, 1.807) is 23.6 Å². The lowest BCUT2D eigenvalue weighted by molar-refractivity contribution is -0.116. The van der Waals surface area contributed by atoms with Crippen molar-refractivity contribution >= 4 is 23.3 Å². The van der Waals surface area contributed by atoms with Crippen LogP contribution in [-0.4, -0.2) is 53.6 Å². The summed E-state index contributed by atoms with van der Waals surface area (Å²) in [4.78, 5) is 23.0. The van der Waals surface area contributed by atoms with Crippen LogP contribution in [0.2, 0.25) is 0 Å². The number of carbonyl (C=O) groups is 1. The summed E-state index contributed by atoms with van der Waals surface area (Å²) in [6, 6.07) is 4.37. The third-order valence-corrected chi connectivity index (χ3v) is 4.92. The number of ether oxygens (including phenoxy) is 1. The van der Waals surface area contributed by atoms with Gasteiger partial charge in [0.15, 0.2) is 0 Å². The average Bonchev–Trinajstić information content (AvgIpc) is 3.26. The van der Waals surface area contributed by atoms with E-state index in [2.05, 4.69) is 37.7 Å². The molecule has 1 fully saturated rings. The molecule has 3 heterocycles. The Hall–Kier alpha value is -1.96. The maximum absolute atomic E-state index is 12.1. The molecule has 6 nitrogen and oxygen atoms in total. The first kappa shape index (κ1) is 16.9. The second-order valence-electron chi connectivity index (χ2n) is 5.71. The summed E-state index contributed by atoms with van der Waals surface area (Å²) in [5.74, 6) is 0.574. The molecule has 1 aliphatic heterocycles. The number of aromatic amines is 1. The SMILES string of the molecule is Cc1cnc(/C=C/C(=O)NCC(c2cccs2)N2CCOCC2)[nH]1. The number of imidazole rings is 1. The Morgan fingerprint density at radius 3 is 3.04 bits per heavy atom. The van der Waals surface area contributed by atoms with Gasteiger partial charge in [0.1, 0.15) is 5.82 Å². The highest BCUT2D eigenvalue weighted by Gasteiger charge is 2.23. The van der Waals surface area contributed by atoms with Gasteiger partial charge in [-0.1, -0.05) is 6.07 Å². The summed E-state index contributed by atoms with van der Waals surface area (Å²) in [6.45, 7) is 5.78. The van der Waals surface area contributed by atoms with Crippen LogP contribution in [0.1, 0.15) is 22.4 Å². The van der Waals surface area contributed by atoms with Crippen LogP contribution < -0.4 is 5.32 Å². The van der Waals surface area contributed by atoms with E-state index in [0.29, 0.717) is 12.4 Å². The minimum atomic E-state index is -0.112. The molecular formula is C17H22N4O2S. The molecule has 2 aromatic rings. The van der Waals surface area contributed by atoms with Crippen LogP contribution in [0.3, 0.4) is 0 Å². The summed E-state index contributed by atoms with van der Waals surface area (Å²) in [5.41, 5.74) is 0.972. The van der Waals surface area contributed by atoms with Crippen LogP contribution in [-0.2, 0) is 9.53 Å². The van der Waals surface area contributed by atoms with E-state index < -0.39 is 0 Å². The Kier molecular flexibility index (Phi) is 5.79. The van der Waals surface area contributed by atoms with E-state index in [4.69, 9.17) is 4.74 Å². The molecule has 24 heavy (non-hydrogen) atoms. The highest BCUT2D eigenvalue weighted by Crippen LogP contribution is 2.25. The van der Waals surface area contributed by atoms with Gasteiger partial charge in [-0.3, -0.25) is 9.69 Å². The number of aromatic nitrogens is 2. The van der Waals surface area contributed by atoms with E-state index in [1.807, 2.05) is 6.92 Å². The number of rotatable bonds is 6. The molecule has 2 N–H and O–H groups in total. The predicted octanol–water partition coefficient (Wildman–Crippen LogP) is 1.98. The topological polar surface area (TPSA) is 70.2 Å². The van der Waals surface area contributed by atoms with Crippen molar-refractivity contribution in [3.8, 4) is 0 Å². The van der Waals surface area contributed by atoms with E-state index in [-0.39, 0.29) is 11.9 Å². The van der Waals surface area contributed by atoms with Crippen molar-refractivity contribution in [1.29, 1.82) is 0 Å². The van der Waals surface area contributed by atoms with Crippen molar-refractivity contribution in [2.75, 3.05) is 32.8 Å². The van der Waals surface area contributed by atoms with Crippen molar-refractivity contribution in [2.45, 2.75) is 13.0 Å². The monoisotopic (exact) mass is 346 g/mol. The first-order valence-electron chi connectivity index (χ1n) is 8.05. The minimum Gasteiger partial charge on any atom is -0.379 e. The Bertz CT molecular complexity index is 675. The van der Waals surface area contributed by atoms with Gasteiger partial charge < -0.3 is 15.0 Å². The summed E-state index contributed by atoms with van der Waals surface area (Å²) in [5, 5.41) is 5.08. The number of nitrogens with one attached hydrogen (secondary N) is 2. The average molecular weight is 346 g/mol. The molecule has 1 aliphatic rings. The first-order chi connectivity index (χ1) is 11.7. The quantitative estimate of drug-likeness (QED) is 0.785. The van der Waals surface area contributed by atoms with E-state index >= 15 is 0 Å². The fraction of sp³-hybridized carbons (Fsp3) is 0.412. The molecule has 1 atom stereocenters. The Morgan fingerprint density at radius 1 is 1.54 bits per heavy atom. The number of thiophene rings is 1. The third kappa shape index (κ3) is 4.53. The Balaban J connectivity index is 1.58. The van der Waals surface area contributed by atoms with Gasteiger partial charge in [0.2, 0.25) is 5.91 Å². The molecule has 128 valence electrons. The van der Waals surface area contributed by atoms with Crippen molar-refractivity contribution < 1.29 is 9.53 Å². The maximum atomic E-state index is 12.1. The predicted molar refractivity (Wildman–Crippen MR) is 94.8 cm³/mol. The first-order valence-corrected chi connectivity index (χ1v) is 8.93. The number of aryl methyl sites for hydroxylation is 1. The molecule has 0 aliphatic carbocycles. The van der Waals surface area contributed by atoms with Gasteiger partial charge in [-0.05, 0) is 24.4 Å². The molecular weight excluding hydrogens is 324 g/mol. The normalized spacial score (nSPS) is 17.2. The van der Waals surface area contributed by atoms with Gasteiger partial charge in [-0.15, -0.1) is 11.3 Å². The van der Waals surface area contributed by atoms with Gasteiger partial charge in [0.25, 0.3) is 0 Å². The van der Waals surface area contributed by atoms with Crippen molar-refractivity contribution in [3.05, 3.63) is 46.2 Å². The number of H-pyrrole nitrogens is 1. The lowest BCUT2D eigenvalue weighted by Crippen LogP contribution is -2.43. The lowest BCUT2D eigenvalue weighted by Gasteiger charge is -2.34. The summed E-state index contributed by atoms with van der Waals surface area (Å²) in [7, 11) is 0. The fourth-order valence-electron chi connectivity index (χ4n) is 2.71. The van der Waals surface area contributed by atoms with Gasteiger partial charge >= 0.3 is 0 Å². The molecule has 0 saturated carbocycles. The zero-order valence-corrected chi connectivity index (χ0v) is 14.5. The molecule has 0 radical (unpaired) electrons. The maximum Gasteiger partial charge on any atom is 0.244 e. The van der Waals surface area contributed by atoms with Crippen molar-refractivity contribution in [3.63, 3.8) is 0 Å². The van der Waals surface area contributed by atoms with Gasteiger partial charge in [-0.25, -0.2) is 4.98 Å². The Labute approximate surface area is 145 Å². The van der Waals surface area contributed by atoms with Gasteiger partial charge in [0, 0.05) is 42.5 Å². The van der Waals surface area contributed by atoms with Gasteiger partial charge in [-0.2, -0.15) is 0 Å². The van der Waals surface area contributed by atoms with Gasteiger partial charge in [0.05, 0.1) is 19.3 Å². The second kappa shape index (κ2) is 8.23. The molecule has 3 rings (SSSR count). The standard InChI is InChI=1S/C17H22N4O2S/c1-13-11-18-16(20-13)4-5-17(22)19-12-14(15-3-2-10-24-15)21-6-8-23-9-7-21/h2-5,10-11,14H,6-9,12H2,1H3,(H,18,20)(H,19,22)/b5-4+. The fourth-order valence-corrected chi connectivity index (χ4v) is 3.57. The van der Waals surface area contributed by atoms with Crippen LogP contribution >= 0.6 is 11.3 Å². The molecule has 1 amide bonds.